The van der Waals surface area contributed by atoms with Gasteiger partial charge in [0.1, 0.15) is 0 Å². The van der Waals surface area contributed by atoms with Crippen molar-refractivity contribution < 1.29 is 29.2 Å². The number of hydrogen-bond donors (Lipinski definition) is 1. The van der Waals surface area contributed by atoms with E-state index in [2.05, 4.69) is 5.32 Å². The molecule has 2 aromatic rings. The number of anilines is 1. The number of nitro benzene ring substituents is 1. The second-order valence-corrected chi connectivity index (χ2v) is 5.88. The number of nitrogens with zero attached hydrogens (tertiary/aromatic N) is 2. The number of carbonyl (C=O) groups excluding carboxylic acids is 4. The van der Waals surface area contributed by atoms with Gasteiger partial charge in [0.05, 0.1) is 22.0 Å². The van der Waals surface area contributed by atoms with Crippen molar-refractivity contribution in [3.63, 3.8) is 0 Å². The second kappa shape index (κ2) is 7.27. The van der Waals surface area contributed by atoms with E-state index in [9.17, 15) is 34.4 Å². The van der Waals surface area contributed by atoms with Crippen LogP contribution in [0.5, 0.6) is 0 Å². The van der Waals surface area contributed by atoms with Gasteiger partial charge in [-0.15, -0.1) is 0 Å². The number of hydrogen-bond acceptors (Lipinski definition) is 7. The number of rotatable bonds is 6. The van der Waals surface area contributed by atoms with Gasteiger partial charge in [-0.3, -0.25) is 29.4 Å². The normalized spacial score (nSPS) is 12.6. The Morgan fingerprint density at radius 1 is 1.04 bits per heavy atom. The molecule has 1 heterocycles. The summed E-state index contributed by atoms with van der Waals surface area (Å²) in [5, 5.41) is 24.3. The standard InChI is InChI=1S/C18H13N3O7/c22-15(19-14-4-2-1-3-12(14)18(25)26)7-8-20-16(23)11-6-5-10(21(27)28)9-13(11)17(20)24/h1-6,9H,7-8H2,(H,19,22)(H,25,26)/p-1. The maximum Gasteiger partial charge on any atom is 0.270 e. The first-order chi connectivity index (χ1) is 13.3. The van der Waals surface area contributed by atoms with Gasteiger partial charge >= 0.3 is 0 Å². The molecule has 3 rings (SSSR count). The molecular formula is C18H12N3O7-. The third-order valence-corrected chi connectivity index (χ3v) is 4.15. The molecule has 28 heavy (non-hydrogen) atoms. The van der Waals surface area contributed by atoms with Crippen molar-refractivity contribution in [2.45, 2.75) is 6.42 Å². The van der Waals surface area contributed by atoms with Crippen molar-refractivity contribution in [2.24, 2.45) is 0 Å². The topological polar surface area (TPSA) is 150 Å². The molecule has 0 radical (unpaired) electrons. The number of non-ortho nitro benzene ring substituents is 1. The van der Waals surface area contributed by atoms with Crippen LogP contribution in [0.2, 0.25) is 0 Å². The minimum absolute atomic E-state index is 0.0262. The molecule has 1 aliphatic heterocycles. The Kier molecular flexibility index (Phi) is 4.86. The number of fused-ring (bicyclic) bond motifs is 1. The molecule has 0 fully saturated rings. The van der Waals surface area contributed by atoms with Gasteiger partial charge in [0.2, 0.25) is 5.91 Å². The Labute approximate surface area is 157 Å². The van der Waals surface area contributed by atoms with E-state index in [1.807, 2.05) is 0 Å². The molecule has 0 spiro atoms. The molecule has 0 saturated carbocycles. The lowest BCUT2D eigenvalue weighted by molar-refractivity contribution is -0.384. The zero-order valence-electron chi connectivity index (χ0n) is 14.2. The number of nitro groups is 1. The Balaban J connectivity index is 1.69. The number of para-hydroxylation sites is 1. The SMILES string of the molecule is O=C(CCN1C(=O)c2ccc([N+](=O)[O-])cc2C1=O)Nc1ccccc1C(=O)[O-]. The lowest BCUT2D eigenvalue weighted by Gasteiger charge is -2.15. The maximum atomic E-state index is 12.4. The highest BCUT2D eigenvalue weighted by molar-refractivity contribution is 6.21. The number of nitrogens with one attached hydrogen (secondary N) is 1. The van der Waals surface area contributed by atoms with E-state index in [0.29, 0.717) is 0 Å². The Bertz CT molecular complexity index is 1030. The van der Waals surface area contributed by atoms with Crippen molar-refractivity contribution in [2.75, 3.05) is 11.9 Å². The second-order valence-electron chi connectivity index (χ2n) is 5.88. The summed E-state index contributed by atoms with van der Waals surface area (Å²) < 4.78 is 0. The fraction of sp³-hybridized carbons (Fsp3) is 0.111. The monoisotopic (exact) mass is 382 g/mol. The van der Waals surface area contributed by atoms with Gasteiger partial charge < -0.3 is 15.2 Å². The summed E-state index contributed by atoms with van der Waals surface area (Å²) in [5.74, 6) is -3.46. The van der Waals surface area contributed by atoms with Crippen LogP contribution in [-0.2, 0) is 4.79 Å². The molecule has 0 aromatic heterocycles. The zero-order valence-corrected chi connectivity index (χ0v) is 14.2. The fourth-order valence-electron chi connectivity index (χ4n) is 2.79. The summed E-state index contributed by atoms with van der Waals surface area (Å²) in [6, 6.07) is 8.98. The molecule has 1 aliphatic rings. The van der Waals surface area contributed by atoms with Gasteiger partial charge in [-0.1, -0.05) is 18.2 Å². The van der Waals surface area contributed by atoms with Crippen molar-refractivity contribution >= 4 is 35.1 Å². The van der Waals surface area contributed by atoms with Gasteiger partial charge in [-0.05, 0) is 12.1 Å². The summed E-state index contributed by atoms with van der Waals surface area (Å²) in [6.45, 7) is -0.264. The number of carbonyl (C=O) groups is 4. The van der Waals surface area contributed by atoms with Crippen LogP contribution in [0.3, 0.4) is 0 Å². The highest BCUT2D eigenvalue weighted by Crippen LogP contribution is 2.27. The van der Waals surface area contributed by atoms with Crippen molar-refractivity contribution in [3.8, 4) is 0 Å². The van der Waals surface area contributed by atoms with Crippen molar-refractivity contribution in [1.82, 2.24) is 4.90 Å². The summed E-state index contributed by atoms with van der Waals surface area (Å²) in [5.41, 5.74) is -0.562. The molecule has 10 heteroatoms. The molecule has 0 unspecified atom stereocenters. The lowest BCUT2D eigenvalue weighted by Crippen LogP contribution is -2.33. The highest BCUT2D eigenvalue weighted by Gasteiger charge is 2.36. The van der Waals surface area contributed by atoms with Gasteiger partial charge in [0, 0.05) is 36.3 Å². The van der Waals surface area contributed by atoms with E-state index in [4.69, 9.17) is 0 Å². The van der Waals surface area contributed by atoms with E-state index in [1.165, 1.54) is 30.3 Å². The van der Waals surface area contributed by atoms with E-state index in [1.54, 1.807) is 0 Å². The smallest absolute Gasteiger partial charge is 0.270 e. The number of benzene rings is 2. The average molecular weight is 382 g/mol. The van der Waals surface area contributed by atoms with Crippen LogP contribution in [0.15, 0.2) is 42.5 Å². The number of carboxylic acid groups (broad SMARTS) is 1. The van der Waals surface area contributed by atoms with Crippen LogP contribution in [0.1, 0.15) is 37.5 Å². The lowest BCUT2D eigenvalue weighted by atomic mass is 10.1. The predicted octanol–water partition coefficient (Wildman–Crippen LogP) is 0.583. The first-order valence-electron chi connectivity index (χ1n) is 8.04. The van der Waals surface area contributed by atoms with Gasteiger partial charge in [-0.2, -0.15) is 0 Å². The van der Waals surface area contributed by atoms with Crippen LogP contribution >= 0.6 is 0 Å². The minimum Gasteiger partial charge on any atom is -0.545 e. The van der Waals surface area contributed by atoms with E-state index in [0.717, 1.165) is 17.0 Å². The number of carboxylic acids is 1. The first-order valence-corrected chi connectivity index (χ1v) is 8.04. The van der Waals surface area contributed by atoms with Gasteiger partial charge in [0.15, 0.2) is 0 Å². The molecule has 0 saturated heterocycles. The molecule has 1 N–H and O–H groups in total. The van der Waals surface area contributed by atoms with E-state index in [-0.39, 0.29) is 41.0 Å². The predicted molar refractivity (Wildman–Crippen MR) is 92.5 cm³/mol. The third-order valence-electron chi connectivity index (χ3n) is 4.15. The summed E-state index contributed by atoms with van der Waals surface area (Å²) in [6.07, 6.45) is -0.283. The van der Waals surface area contributed by atoms with Crippen LogP contribution in [-0.4, -0.2) is 40.1 Å². The molecule has 0 bridgehead atoms. The molecule has 10 nitrogen and oxygen atoms in total. The minimum atomic E-state index is -1.46. The van der Waals surface area contributed by atoms with Gasteiger partial charge in [-0.25, -0.2) is 0 Å². The van der Waals surface area contributed by atoms with E-state index >= 15 is 0 Å². The fourth-order valence-corrected chi connectivity index (χ4v) is 2.79. The molecule has 142 valence electrons. The summed E-state index contributed by atoms with van der Waals surface area (Å²) >= 11 is 0. The first kappa shape index (κ1) is 18.7. The largest absolute Gasteiger partial charge is 0.545 e. The molecule has 0 aliphatic carbocycles. The van der Waals surface area contributed by atoms with Gasteiger partial charge in [0.25, 0.3) is 17.5 Å². The number of imide groups is 1. The van der Waals surface area contributed by atoms with E-state index < -0.39 is 28.6 Å². The van der Waals surface area contributed by atoms with Crippen molar-refractivity contribution in [3.05, 3.63) is 69.3 Å². The zero-order chi connectivity index (χ0) is 20.4. The Morgan fingerprint density at radius 3 is 2.39 bits per heavy atom. The maximum absolute atomic E-state index is 12.4. The molecule has 0 atom stereocenters. The van der Waals surface area contributed by atoms with Crippen LogP contribution < -0.4 is 10.4 Å². The molecule has 3 amide bonds. The van der Waals surface area contributed by atoms with Crippen LogP contribution in [0.4, 0.5) is 11.4 Å². The van der Waals surface area contributed by atoms with Crippen LogP contribution in [0, 0.1) is 10.1 Å². The van der Waals surface area contributed by atoms with Crippen molar-refractivity contribution in [1.29, 1.82) is 0 Å². The quantitative estimate of drug-likeness (QED) is 0.436. The summed E-state index contributed by atoms with van der Waals surface area (Å²) in [4.78, 5) is 58.8. The number of aromatic carboxylic acids is 1. The Hall–Kier alpha value is -4.08. The molecular weight excluding hydrogens is 370 g/mol. The molecule has 2 aromatic carbocycles. The average Bonchev–Trinajstić information content (AvgIpc) is 2.90. The highest BCUT2D eigenvalue weighted by atomic mass is 16.6. The number of amides is 3. The Morgan fingerprint density at radius 2 is 1.71 bits per heavy atom. The summed E-state index contributed by atoms with van der Waals surface area (Å²) in [7, 11) is 0. The van der Waals surface area contributed by atoms with Crippen LogP contribution in [0.25, 0.3) is 0 Å². The third kappa shape index (κ3) is 3.43.